The Morgan fingerprint density at radius 1 is 0.429 bits per heavy atom. The average Bonchev–Trinajstić information content (AvgIpc) is 0.777. The highest BCUT2D eigenvalue weighted by atomic mass is 79.9. The highest BCUT2D eigenvalue weighted by Crippen LogP contribution is 2.41. The third kappa shape index (κ3) is 41.4. The van der Waals surface area contributed by atoms with Crippen molar-refractivity contribution < 1.29 is 106 Å². The number of para-hydroxylation sites is 5. The minimum Gasteiger partial charge on any atom is -0.508 e. The summed E-state index contributed by atoms with van der Waals surface area (Å²) in [6.07, 6.45) is 1.92. The number of alkyl halides is 2. The average molecular weight is 2030 g/mol. The molecule has 0 fully saturated rings. The molecule has 0 heterocycles. The molecule has 13 N–H and O–H groups in total. The fourth-order valence-corrected chi connectivity index (χ4v) is 14.4. The lowest BCUT2D eigenvalue weighted by Gasteiger charge is -2.16. The molecule has 32 heteroatoms. The van der Waals surface area contributed by atoms with Crippen LogP contribution in [0.1, 0.15) is 128 Å². The van der Waals surface area contributed by atoms with Crippen LogP contribution < -0.4 is 52.9 Å². The normalized spacial score (nSPS) is 15.5. The van der Waals surface area contributed by atoms with E-state index in [-0.39, 0.29) is 97.5 Å². The number of nitrogens with one attached hydrogen (secondary N) is 1. The highest BCUT2D eigenvalue weighted by Gasteiger charge is 2.20. The summed E-state index contributed by atoms with van der Waals surface area (Å²) in [6, 6.07) is 62.5. The Bertz CT molecular complexity index is 6490. The molecule has 0 spiro atoms. The first-order valence-corrected chi connectivity index (χ1v) is 41.7. The summed E-state index contributed by atoms with van der Waals surface area (Å²) in [6.45, 7) is -34.4. The molecule has 0 radical (unpaired) electrons. The Hall–Kier alpha value is -9.67. The van der Waals surface area contributed by atoms with Crippen LogP contribution in [0.2, 0.25) is 0 Å². The third-order valence-corrected chi connectivity index (χ3v) is 22.0. The van der Waals surface area contributed by atoms with Gasteiger partial charge in [-0.1, -0.05) is 121 Å². The van der Waals surface area contributed by atoms with Crippen molar-refractivity contribution >= 4 is 167 Å². The molecule has 0 atom stereocenters. The van der Waals surface area contributed by atoms with Crippen LogP contribution in [0.4, 0.5) is 37.2 Å². The number of nitrogen functional groups attached to an aromatic ring is 5. The fraction of sp³-hybridized carbons (Fsp3) is 0.255. The molecular formula is C94H117Br2Cl2F2N11O10S5. The number of carbonyl (C=O) groups is 4. The van der Waals surface area contributed by atoms with E-state index in [0.29, 0.717) is 101 Å². The van der Waals surface area contributed by atoms with Crippen molar-refractivity contribution in [3.8, 4) is 34.5 Å². The lowest BCUT2D eigenvalue weighted by molar-refractivity contribution is 0.0817. The first-order valence-electron chi connectivity index (χ1n) is 54.0. The molecule has 126 heavy (non-hydrogen) atoms. The van der Waals surface area contributed by atoms with Gasteiger partial charge >= 0.3 is 0 Å². The van der Waals surface area contributed by atoms with Crippen LogP contribution in [0.3, 0.4) is 0 Å². The van der Waals surface area contributed by atoms with Gasteiger partial charge in [0.1, 0.15) is 34.5 Å². The summed E-state index contributed by atoms with van der Waals surface area (Å²) in [4.78, 5) is 54.8. The summed E-state index contributed by atoms with van der Waals surface area (Å²) in [5, 5.41) is 20.4. The number of ether oxygens (including phenoxy) is 4. The fourth-order valence-electron chi connectivity index (χ4n) is 9.24. The molecule has 11 aromatic rings. The van der Waals surface area contributed by atoms with Gasteiger partial charge in [-0.15, -0.1) is 25.0 Å². The van der Waals surface area contributed by atoms with Gasteiger partial charge in [0.25, 0.3) is 23.0 Å². The molecule has 3 amide bonds. The Labute approximate surface area is 843 Å². The number of hydrogen-bond acceptors (Lipinski definition) is 23. The predicted molar refractivity (Wildman–Crippen MR) is 533 cm³/mol. The van der Waals surface area contributed by atoms with E-state index in [1.165, 1.54) is 92.6 Å². The summed E-state index contributed by atoms with van der Waals surface area (Å²) >= 11 is 20.5. The largest absolute Gasteiger partial charge is 0.508 e. The number of unbranched alkanes of at least 4 members (excludes halogenated alkanes) is 1. The number of phenols is 2. The van der Waals surface area contributed by atoms with E-state index in [9.17, 15) is 38.2 Å². The molecule has 0 aliphatic rings. The predicted octanol–water partition coefficient (Wildman–Crippen LogP) is 21.9. The molecule has 0 aromatic heterocycles. The number of benzene rings is 11. The van der Waals surface area contributed by atoms with Crippen LogP contribution >= 0.6 is 116 Å². The van der Waals surface area contributed by atoms with Gasteiger partial charge in [-0.25, -0.2) is 0 Å². The van der Waals surface area contributed by atoms with E-state index < -0.39 is 113 Å². The smallest absolute Gasteiger partial charge is 0.254 e. The zero-order valence-electron chi connectivity index (χ0n) is 104. The van der Waals surface area contributed by atoms with Crippen LogP contribution in [0.15, 0.2) is 284 Å². The number of nitrogens with zero attached hydrogens (tertiary/aromatic N) is 5. The van der Waals surface area contributed by atoms with Crippen molar-refractivity contribution in [1.82, 2.24) is 29.8 Å². The van der Waals surface area contributed by atoms with Gasteiger partial charge in [0.15, 0.2) is 0 Å². The Kier molecular flexibility index (Phi) is 32.2. The van der Waals surface area contributed by atoms with E-state index in [1.807, 2.05) is 55.5 Å². The number of anilines is 5. The SMILES string of the molecule is CCCCF.COc1ccc(Br)c(C(=O)Cl)c1.Cl.Nc1ccccc1S.[2H]C([2H])([2H])N(C(=O)c1cc(O)ccc1Sc1ccccc1N)C([2H])([2H])[2H].[2H]C([2H])([2H])N(C(=O)c1cc(OC)ccc1Br)C([2H])([2H])[2H].[2H]C([2H])([2H])N(C(=O)c1cc(OC)ccc1Sc1ccccc1N)C([2H])([2H])[2H].[2H]C([2H])([2H])N(Cc1cc(O)ccc1Sc1ccccc1N)C([2H])([2H])[2H].[2H]C([2H])([2H])N(Cc1cc(OCCCF)ccc1Sc1ccccc1N)C([2H])([2H])[2H].[2H]C([2H])([2H])NC([2H])([2H])[2H]. The molecule has 11 rings (SSSR count). The van der Waals surface area contributed by atoms with Crippen LogP contribution in [0, 0.1) is 0 Å². The number of rotatable bonds is 25. The quantitative estimate of drug-likeness (QED) is 0.0111. The zero-order valence-corrected chi connectivity index (χ0v) is 76.7. The first kappa shape index (κ1) is 65.8. The number of phenolic OH excluding ortho intramolecular Hbond substituents is 2. The molecule has 0 saturated carbocycles. The second kappa shape index (κ2) is 61.7. The number of amides is 3. The molecule has 0 aliphatic heterocycles. The second-order valence-electron chi connectivity index (χ2n) is 24.3. The molecule has 11 aromatic carbocycles. The van der Waals surface area contributed by atoms with Crippen LogP contribution in [0.25, 0.3) is 0 Å². The minimum atomic E-state index is -3.18. The summed E-state index contributed by atoms with van der Waals surface area (Å²) in [5.41, 5.74) is 32.7. The number of carbonyl (C=O) groups excluding carboxylic acids is 4. The lowest BCUT2D eigenvalue weighted by atomic mass is 10.2. The topological polar surface area (TPSA) is 304 Å². The number of methoxy groups -OCH3 is 3. The van der Waals surface area contributed by atoms with Gasteiger partial charge in [-0.3, -0.25) is 28.0 Å². The minimum absolute atomic E-state index is 0. The van der Waals surface area contributed by atoms with E-state index in [0.717, 1.165) is 62.8 Å². The van der Waals surface area contributed by atoms with Crippen molar-refractivity contribution in [1.29, 1.82) is 0 Å². The van der Waals surface area contributed by atoms with E-state index in [2.05, 4.69) is 44.5 Å². The highest BCUT2D eigenvalue weighted by molar-refractivity contribution is 9.10. The van der Waals surface area contributed by atoms with Crippen molar-refractivity contribution in [3.63, 3.8) is 0 Å². The Morgan fingerprint density at radius 2 is 0.770 bits per heavy atom. The van der Waals surface area contributed by atoms with Crippen LogP contribution in [0.5, 0.6) is 34.5 Å². The molecule has 0 aliphatic carbocycles. The maximum Gasteiger partial charge on any atom is 0.254 e. The van der Waals surface area contributed by atoms with Crippen molar-refractivity contribution in [2.45, 2.75) is 83.3 Å². The van der Waals surface area contributed by atoms with Gasteiger partial charge in [0.05, 0.1) is 63.5 Å². The number of nitrogens with two attached hydrogens (primary N) is 5. The number of hydrogen-bond donors (Lipinski definition) is 9. The Morgan fingerprint density at radius 3 is 1.13 bits per heavy atom. The van der Waals surface area contributed by atoms with Crippen LogP contribution in [-0.4, -0.2) is 183 Å². The summed E-state index contributed by atoms with van der Waals surface area (Å²) in [7, 11) is 4.30. The van der Waals surface area contributed by atoms with Gasteiger partial charge < -0.3 is 87.6 Å². The standard InChI is InChI=1S/C18H23FN2OS.C16H18N2O2S.C15H16N2O2S.C15H18N2OS.C10H12BrNO2.C8H6BrClO2.C6H7NS.C4H9F.C2H7N.ClH/c1-21(2)13-14-12-15(22-11-5-10-19)8-9-17(14)23-18-7-4-3-6-16(18)20;1-18(2)16(19)12-10-11(20-3)8-9-14(12)21-15-7-5-4-6-13(15)17;1-17(2)15(19)11-9-10(18)7-8-13(11)20-14-6-4-3-5-12(14)16;1-17(2)10-11-9-12(18)7-8-14(11)19-15-6-4-3-5-13(15)16;1-12(2)10(13)8-6-7(14-3)4-5-9(8)11;1-12-5-2-3-7(9)6(4-5)8(10)11;7-5-3-1-2-4-6(5)8;1-2-3-4-5;1-3-2;/h3-4,6-9,12H,5,10-11,13,20H2,1-2H3;4-10H,17H2,1-3H3;3-9,18H,16H2,1-2H3;3-9,18H,10,16H2,1-2H3;4-6H,1-3H3;2-4H,1H3;1-4,8H,7H2;2-4H2,1H3;3H,1-2H3;1H/i5*1D3,2D3;;;;1D3,2D3;. The van der Waals surface area contributed by atoms with Crippen LogP contribution in [-0.2, 0) is 13.1 Å². The maximum absolute atomic E-state index is 12.9. The maximum atomic E-state index is 12.9. The van der Waals surface area contributed by atoms with E-state index in [4.69, 9.17) is 109 Å². The number of halogens is 6. The second-order valence-corrected chi connectivity index (χ2v) is 31.2. The molecule has 0 unspecified atom stereocenters. The lowest BCUT2D eigenvalue weighted by Crippen LogP contribution is -2.22. The van der Waals surface area contributed by atoms with Crippen molar-refractivity contribution in [2.75, 3.05) is 154 Å². The van der Waals surface area contributed by atoms with Crippen molar-refractivity contribution in [3.05, 3.63) is 273 Å². The van der Waals surface area contributed by atoms with Crippen molar-refractivity contribution in [2.24, 2.45) is 0 Å². The third-order valence-electron chi connectivity index (χ3n) is 15.3. The van der Waals surface area contributed by atoms with E-state index in [1.54, 1.807) is 133 Å². The van der Waals surface area contributed by atoms with Gasteiger partial charge in [-0.2, -0.15) is 0 Å². The Balaban J connectivity index is 0.000000637. The first-order chi connectivity index (χ1) is 73.9. The van der Waals surface area contributed by atoms with Gasteiger partial charge in [-0.05, 0) is 273 Å². The molecule has 0 bridgehead atoms. The zero-order chi connectivity index (χ0) is 123. The molecule has 0 saturated heterocycles. The summed E-state index contributed by atoms with van der Waals surface area (Å²) < 4.78 is 307. The molecule has 680 valence electrons. The van der Waals surface area contributed by atoms with E-state index >= 15 is 0 Å². The summed E-state index contributed by atoms with van der Waals surface area (Å²) in [5.74, 6) is -2.25. The van der Waals surface area contributed by atoms with Gasteiger partial charge in [0.2, 0.25) is 0 Å². The monoisotopic (exact) mass is 2020 g/mol. The molecule has 21 nitrogen and oxygen atoms in total. The molecular weight excluding hydrogens is 1870 g/mol. The number of aromatic hydroxyl groups is 2. The van der Waals surface area contributed by atoms with Gasteiger partial charge in [0, 0.05) is 192 Å². The number of thiol groups is 1.